The zero-order valence-electron chi connectivity index (χ0n) is 17.8. The Morgan fingerprint density at radius 1 is 1.39 bits per heavy atom. The number of aliphatic carboxylic acids is 1. The van der Waals surface area contributed by atoms with Crippen LogP contribution in [0.4, 0.5) is 0 Å². The van der Waals surface area contributed by atoms with E-state index in [9.17, 15) is 33.0 Å². The number of nitrogens with one attached hydrogen (secondary N) is 1. The molecule has 12 nitrogen and oxygen atoms in total. The van der Waals surface area contributed by atoms with Crippen LogP contribution in [-0.2, 0) is 19.6 Å². The minimum absolute atomic E-state index is 0.0473. The molecule has 0 aliphatic carbocycles. The van der Waals surface area contributed by atoms with E-state index in [1.165, 1.54) is 18.2 Å². The van der Waals surface area contributed by atoms with Crippen molar-refractivity contribution in [1.82, 2.24) is 19.0 Å². The number of nitrogens with zero attached hydrogens (tertiary/aromatic N) is 3. The molecule has 5 N–H and O–H groups in total. The number of carboxylic acid groups (broad SMARTS) is 1. The Bertz CT molecular complexity index is 1290. The summed E-state index contributed by atoms with van der Waals surface area (Å²) in [6.45, 7) is 2.74. The number of ketones is 1. The van der Waals surface area contributed by atoms with Crippen molar-refractivity contribution in [3.63, 3.8) is 0 Å². The summed E-state index contributed by atoms with van der Waals surface area (Å²) in [4.78, 5) is 43.4. The Hall–Kier alpha value is -2.65. The number of fused-ring (bicyclic) bond motifs is 2. The third kappa shape index (κ3) is 3.77. The molecule has 2 aliphatic rings. The Kier molecular flexibility index (Phi) is 5.90. The van der Waals surface area contributed by atoms with E-state index < -0.39 is 52.3 Å². The lowest BCUT2D eigenvalue weighted by Gasteiger charge is -2.46. The number of Topliss-reactive ketones (excluding diaryl/α,β-unsaturated/α-hetero) is 1. The van der Waals surface area contributed by atoms with Gasteiger partial charge in [-0.15, -0.1) is 11.3 Å². The first-order valence-electron chi connectivity index (χ1n) is 10.1. The Morgan fingerprint density at radius 3 is 2.70 bits per heavy atom. The molecule has 0 spiro atoms. The minimum atomic E-state index is -3.68. The molecule has 0 bridgehead atoms. The average molecular weight is 498 g/mol. The van der Waals surface area contributed by atoms with E-state index in [0.29, 0.717) is 15.3 Å². The van der Waals surface area contributed by atoms with E-state index in [1.54, 1.807) is 17.5 Å². The topological polar surface area (TPSA) is 184 Å². The number of aromatic nitrogens is 2. The molecule has 2 aliphatic heterocycles. The predicted molar refractivity (Wildman–Crippen MR) is 118 cm³/mol. The van der Waals surface area contributed by atoms with Gasteiger partial charge in [0.2, 0.25) is 15.9 Å². The van der Waals surface area contributed by atoms with Crippen LogP contribution in [0.2, 0.25) is 0 Å². The van der Waals surface area contributed by atoms with Crippen molar-refractivity contribution in [3.8, 4) is 0 Å². The highest BCUT2D eigenvalue weighted by Gasteiger charge is 2.60. The van der Waals surface area contributed by atoms with Crippen molar-refractivity contribution in [1.29, 1.82) is 0 Å². The number of imidazole rings is 1. The number of amides is 1. The number of carbonyl (C=O) groups is 3. The molecule has 4 rings (SSSR count). The maximum absolute atomic E-state index is 12.6. The van der Waals surface area contributed by atoms with E-state index >= 15 is 0 Å². The molecule has 0 unspecified atom stereocenters. The van der Waals surface area contributed by atoms with Crippen molar-refractivity contribution in [3.05, 3.63) is 28.8 Å². The maximum atomic E-state index is 12.6. The summed E-state index contributed by atoms with van der Waals surface area (Å²) in [6, 6.07) is -0.462. The number of thiazole rings is 1. The fourth-order valence-corrected chi connectivity index (χ4v) is 6.54. The summed E-state index contributed by atoms with van der Waals surface area (Å²) in [5.41, 5.74) is 5.61. The number of hydrogen-bond acceptors (Lipinski definition) is 9. The van der Waals surface area contributed by atoms with Crippen LogP contribution in [0.3, 0.4) is 0 Å². The first-order chi connectivity index (χ1) is 15.5. The van der Waals surface area contributed by atoms with Gasteiger partial charge in [0.25, 0.3) is 0 Å². The van der Waals surface area contributed by atoms with Crippen LogP contribution in [-0.4, -0.2) is 81.6 Å². The summed E-state index contributed by atoms with van der Waals surface area (Å²) in [5, 5.41) is 19.8. The van der Waals surface area contributed by atoms with Crippen LogP contribution in [0.25, 0.3) is 10.4 Å². The first-order valence-corrected chi connectivity index (χ1v) is 12.6. The molecule has 1 saturated heterocycles. The highest BCUT2D eigenvalue weighted by molar-refractivity contribution is 7.89. The Balaban J connectivity index is 1.68. The van der Waals surface area contributed by atoms with Crippen LogP contribution >= 0.6 is 11.3 Å². The van der Waals surface area contributed by atoms with Gasteiger partial charge >= 0.3 is 5.97 Å². The van der Waals surface area contributed by atoms with Crippen molar-refractivity contribution in [2.24, 2.45) is 17.6 Å². The zero-order valence-corrected chi connectivity index (χ0v) is 19.4. The molecular formula is C19H23N5O7S2. The number of hydrogen-bond donors (Lipinski definition) is 4. The Labute approximate surface area is 192 Å². The molecule has 4 heterocycles. The second kappa shape index (κ2) is 8.29. The summed E-state index contributed by atoms with van der Waals surface area (Å²) in [6.07, 6.45) is 2.10. The molecule has 14 heteroatoms. The predicted octanol–water partition coefficient (Wildman–Crippen LogP) is -0.890. The molecule has 0 radical (unpaired) electrons. The number of aliphatic hydroxyl groups excluding tert-OH is 1. The standard InChI is InChI=1S/C19H23N5O7S2/c1-8-12(16(19(28)29)24-15(8)13(9(2)25)17(24)27)11-6-23-7-21-14(18(23)32-11)10(26)5-22-33(30,31)4-3-20/h6-9,13,15,22,25H,3-5,20H2,1-2H3,(H,28,29)/t8-,9+,13+,15+/m0/s1. The van der Waals surface area contributed by atoms with E-state index in [2.05, 4.69) is 9.71 Å². The molecule has 4 atom stereocenters. The Morgan fingerprint density at radius 2 is 2.09 bits per heavy atom. The lowest BCUT2D eigenvalue weighted by molar-refractivity contribution is -0.163. The molecule has 1 fully saturated rings. The van der Waals surface area contributed by atoms with E-state index in [-0.39, 0.29) is 29.6 Å². The quantitative estimate of drug-likeness (QED) is 0.252. The van der Waals surface area contributed by atoms with Gasteiger partial charge in [-0.25, -0.2) is 22.9 Å². The van der Waals surface area contributed by atoms with Gasteiger partial charge in [-0.1, -0.05) is 6.92 Å². The number of aliphatic hydroxyl groups is 1. The van der Waals surface area contributed by atoms with Crippen LogP contribution in [0.5, 0.6) is 0 Å². The lowest BCUT2D eigenvalue weighted by atomic mass is 9.77. The summed E-state index contributed by atoms with van der Waals surface area (Å²) >= 11 is 1.13. The van der Waals surface area contributed by atoms with Gasteiger partial charge in [-0.05, 0) is 6.92 Å². The maximum Gasteiger partial charge on any atom is 0.352 e. The molecule has 0 saturated carbocycles. The van der Waals surface area contributed by atoms with Gasteiger partial charge in [0.15, 0.2) is 5.78 Å². The molecule has 1 amide bonds. The molecule has 2 aromatic rings. The molecule has 33 heavy (non-hydrogen) atoms. The van der Waals surface area contributed by atoms with E-state index in [0.717, 1.165) is 11.3 Å². The zero-order chi connectivity index (χ0) is 24.2. The SMILES string of the molecule is C[C@@H](O)[C@H]1C(=O)N2C(C(=O)O)=C(c3cn4cnc(C(=O)CNS(=O)(=O)CCN)c4s3)[C@H](C)[C@H]12. The van der Waals surface area contributed by atoms with Gasteiger partial charge in [0, 0.05) is 24.2 Å². The van der Waals surface area contributed by atoms with Gasteiger partial charge in [0.05, 0.1) is 35.2 Å². The van der Waals surface area contributed by atoms with E-state index in [4.69, 9.17) is 5.73 Å². The van der Waals surface area contributed by atoms with Gasteiger partial charge < -0.3 is 20.8 Å². The number of rotatable bonds is 9. The first kappa shape index (κ1) is 23.5. The fourth-order valence-electron chi connectivity index (χ4n) is 4.50. The van der Waals surface area contributed by atoms with Crippen molar-refractivity contribution in [2.75, 3.05) is 18.8 Å². The number of carbonyl (C=O) groups excluding carboxylic acids is 2. The average Bonchev–Trinajstić information content (AvgIpc) is 3.35. The largest absolute Gasteiger partial charge is 0.477 e. The number of carboxylic acids is 1. The van der Waals surface area contributed by atoms with Gasteiger partial charge in [-0.3, -0.25) is 14.0 Å². The lowest BCUT2D eigenvalue weighted by Crippen LogP contribution is -2.63. The minimum Gasteiger partial charge on any atom is -0.477 e. The molecular weight excluding hydrogens is 474 g/mol. The second-order valence-electron chi connectivity index (χ2n) is 8.07. The number of sulfonamides is 1. The van der Waals surface area contributed by atoms with Crippen molar-refractivity contribution >= 4 is 49.4 Å². The summed E-state index contributed by atoms with van der Waals surface area (Å²) in [5.74, 6) is -3.58. The van der Waals surface area contributed by atoms with Crippen molar-refractivity contribution < 1.29 is 33.0 Å². The van der Waals surface area contributed by atoms with Crippen LogP contribution < -0.4 is 10.5 Å². The van der Waals surface area contributed by atoms with E-state index in [1.807, 2.05) is 0 Å². The van der Waals surface area contributed by atoms with Crippen LogP contribution in [0, 0.1) is 11.8 Å². The second-order valence-corrected chi connectivity index (χ2v) is 11.0. The van der Waals surface area contributed by atoms with Crippen LogP contribution in [0.1, 0.15) is 29.2 Å². The van der Waals surface area contributed by atoms with Gasteiger partial charge in [-0.2, -0.15) is 0 Å². The monoisotopic (exact) mass is 497 g/mol. The normalized spacial score (nSPS) is 23.7. The summed E-state index contributed by atoms with van der Waals surface area (Å²) in [7, 11) is -3.68. The molecule has 0 aromatic carbocycles. The van der Waals surface area contributed by atoms with Crippen molar-refractivity contribution in [2.45, 2.75) is 26.0 Å². The fraction of sp³-hybridized carbons (Fsp3) is 0.474. The summed E-state index contributed by atoms with van der Waals surface area (Å²) < 4.78 is 27.3. The number of β-lactam (4-membered cyclic amide) rings is 1. The third-order valence-electron chi connectivity index (χ3n) is 5.95. The highest BCUT2D eigenvalue weighted by atomic mass is 32.2. The third-order valence-corrected chi connectivity index (χ3v) is 8.45. The molecule has 2 aromatic heterocycles. The highest BCUT2D eigenvalue weighted by Crippen LogP contribution is 2.51. The number of nitrogens with two attached hydrogens (primary N) is 1. The molecule has 178 valence electrons. The van der Waals surface area contributed by atoms with Crippen LogP contribution in [0.15, 0.2) is 18.2 Å². The smallest absolute Gasteiger partial charge is 0.352 e. The van der Waals surface area contributed by atoms with Gasteiger partial charge in [0.1, 0.15) is 22.5 Å².